The van der Waals surface area contributed by atoms with E-state index >= 15 is 0 Å². The van der Waals surface area contributed by atoms with Crippen molar-refractivity contribution in [2.75, 3.05) is 26.2 Å². The van der Waals surface area contributed by atoms with Crippen LogP contribution in [0.25, 0.3) is 0 Å². The van der Waals surface area contributed by atoms with Crippen LogP contribution in [0.4, 0.5) is 4.79 Å². The summed E-state index contributed by atoms with van der Waals surface area (Å²) in [6.45, 7) is 14.9. The second-order valence-electron chi connectivity index (χ2n) is 9.58. The number of hydrogen-bond donors (Lipinski definition) is 1. The largest absolute Gasteiger partial charge is 0.491 e. The number of ether oxygens (including phenoxy) is 1. The first-order chi connectivity index (χ1) is 15.6. The summed E-state index contributed by atoms with van der Waals surface area (Å²) < 4.78 is 6.21. The van der Waals surface area contributed by atoms with E-state index in [1.165, 1.54) is 15.3 Å². The Morgan fingerprint density at radius 2 is 2.06 bits per heavy atom. The SMILES string of the molecule is C=CCN(CC(=O)N1CCc2sccc2C1COc1ccc(C)cc1C)C(=O)NC(C)(C)C. The van der Waals surface area contributed by atoms with Gasteiger partial charge in [0.1, 0.15) is 18.9 Å². The second kappa shape index (κ2) is 10.4. The highest BCUT2D eigenvalue weighted by Gasteiger charge is 2.33. The third-order valence-corrected chi connectivity index (χ3v) is 6.58. The zero-order chi connectivity index (χ0) is 24.2. The van der Waals surface area contributed by atoms with E-state index in [2.05, 4.69) is 36.3 Å². The molecule has 1 aromatic carbocycles. The molecule has 0 spiro atoms. The van der Waals surface area contributed by atoms with E-state index in [-0.39, 0.29) is 24.5 Å². The Hall–Kier alpha value is -2.80. The summed E-state index contributed by atoms with van der Waals surface area (Å²) in [4.78, 5) is 30.8. The molecule has 3 rings (SSSR count). The summed E-state index contributed by atoms with van der Waals surface area (Å²) in [5.41, 5.74) is 3.01. The highest BCUT2D eigenvalue weighted by Crippen LogP contribution is 2.34. The highest BCUT2D eigenvalue weighted by atomic mass is 32.1. The maximum Gasteiger partial charge on any atom is 0.318 e. The first-order valence-corrected chi connectivity index (χ1v) is 12.2. The van der Waals surface area contributed by atoms with Gasteiger partial charge in [-0.25, -0.2) is 4.79 Å². The van der Waals surface area contributed by atoms with E-state index in [0.29, 0.717) is 19.7 Å². The summed E-state index contributed by atoms with van der Waals surface area (Å²) in [6.07, 6.45) is 2.46. The first kappa shape index (κ1) is 24.8. The topological polar surface area (TPSA) is 61.9 Å². The number of hydrogen-bond acceptors (Lipinski definition) is 4. The van der Waals surface area contributed by atoms with Crippen molar-refractivity contribution in [2.45, 2.75) is 52.6 Å². The Bertz CT molecular complexity index is 1010. The Morgan fingerprint density at radius 3 is 2.73 bits per heavy atom. The molecule has 1 N–H and O–H groups in total. The van der Waals surface area contributed by atoms with Crippen molar-refractivity contribution < 1.29 is 14.3 Å². The van der Waals surface area contributed by atoms with Crippen LogP contribution >= 0.6 is 11.3 Å². The van der Waals surface area contributed by atoms with Crippen LogP contribution in [0, 0.1) is 13.8 Å². The Labute approximate surface area is 201 Å². The van der Waals surface area contributed by atoms with Crippen molar-refractivity contribution in [2.24, 2.45) is 0 Å². The van der Waals surface area contributed by atoms with Crippen molar-refractivity contribution in [3.8, 4) is 5.75 Å². The molecule has 1 aliphatic heterocycles. The lowest BCUT2D eigenvalue weighted by Crippen LogP contribution is -2.53. The number of aryl methyl sites for hydroxylation is 2. The Morgan fingerprint density at radius 1 is 1.30 bits per heavy atom. The van der Waals surface area contributed by atoms with Crippen molar-refractivity contribution in [1.29, 1.82) is 0 Å². The van der Waals surface area contributed by atoms with Gasteiger partial charge in [0.05, 0.1) is 6.04 Å². The molecule has 0 bridgehead atoms. The molecule has 3 amide bonds. The lowest BCUT2D eigenvalue weighted by Gasteiger charge is -2.37. The van der Waals surface area contributed by atoms with Gasteiger partial charge in [-0.15, -0.1) is 17.9 Å². The fraction of sp³-hybridized carbons (Fsp3) is 0.462. The van der Waals surface area contributed by atoms with Crippen LogP contribution in [0.5, 0.6) is 5.75 Å². The normalized spacial score (nSPS) is 15.5. The van der Waals surface area contributed by atoms with Crippen LogP contribution in [0.15, 0.2) is 42.3 Å². The van der Waals surface area contributed by atoms with Crippen molar-refractivity contribution >= 4 is 23.3 Å². The van der Waals surface area contributed by atoms with Gasteiger partial charge in [-0.2, -0.15) is 0 Å². The fourth-order valence-electron chi connectivity index (χ4n) is 4.03. The first-order valence-electron chi connectivity index (χ1n) is 11.3. The van der Waals surface area contributed by atoms with Crippen LogP contribution < -0.4 is 10.1 Å². The van der Waals surface area contributed by atoms with E-state index in [4.69, 9.17) is 4.74 Å². The predicted molar refractivity (Wildman–Crippen MR) is 134 cm³/mol. The third kappa shape index (κ3) is 6.38. The number of nitrogens with zero attached hydrogens (tertiary/aromatic N) is 2. The number of carbonyl (C=O) groups excluding carboxylic acids is 2. The van der Waals surface area contributed by atoms with Crippen LogP contribution in [0.1, 0.15) is 48.4 Å². The molecule has 7 heteroatoms. The molecule has 1 atom stereocenters. The molecule has 0 aliphatic carbocycles. The van der Waals surface area contributed by atoms with Crippen LogP contribution in [-0.4, -0.2) is 53.5 Å². The van der Waals surface area contributed by atoms with E-state index in [1.807, 2.05) is 44.7 Å². The van der Waals surface area contributed by atoms with Crippen molar-refractivity contribution in [3.05, 3.63) is 63.9 Å². The summed E-state index contributed by atoms with van der Waals surface area (Å²) in [6, 6.07) is 7.73. The zero-order valence-corrected chi connectivity index (χ0v) is 21.1. The molecule has 0 radical (unpaired) electrons. The summed E-state index contributed by atoms with van der Waals surface area (Å²) >= 11 is 1.72. The predicted octanol–water partition coefficient (Wildman–Crippen LogP) is 4.87. The van der Waals surface area contributed by atoms with E-state index in [0.717, 1.165) is 23.3 Å². The summed E-state index contributed by atoms with van der Waals surface area (Å²) in [7, 11) is 0. The number of benzene rings is 1. The van der Waals surface area contributed by atoms with Gasteiger partial charge in [0, 0.05) is 23.5 Å². The molecule has 1 aromatic heterocycles. The van der Waals surface area contributed by atoms with Gasteiger partial charge in [0.25, 0.3) is 0 Å². The van der Waals surface area contributed by atoms with Gasteiger partial charge >= 0.3 is 6.03 Å². The van der Waals surface area contributed by atoms with Gasteiger partial charge in [-0.1, -0.05) is 23.8 Å². The van der Waals surface area contributed by atoms with Crippen molar-refractivity contribution in [3.63, 3.8) is 0 Å². The zero-order valence-electron chi connectivity index (χ0n) is 20.3. The summed E-state index contributed by atoms with van der Waals surface area (Å²) in [5.74, 6) is 0.736. The van der Waals surface area contributed by atoms with Crippen LogP contribution in [0.3, 0.4) is 0 Å². The molecule has 178 valence electrons. The quantitative estimate of drug-likeness (QED) is 0.589. The number of amides is 3. The molecule has 2 heterocycles. The molecular weight excluding hydrogens is 434 g/mol. The smallest absolute Gasteiger partial charge is 0.318 e. The third-order valence-electron chi connectivity index (χ3n) is 5.59. The van der Waals surface area contributed by atoms with Gasteiger partial charge < -0.3 is 19.9 Å². The van der Waals surface area contributed by atoms with Crippen molar-refractivity contribution in [1.82, 2.24) is 15.1 Å². The maximum absolute atomic E-state index is 13.4. The van der Waals surface area contributed by atoms with Crippen LogP contribution in [-0.2, 0) is 11.2 Å². The number of rotatable bonds is 7. The number of nitrogens with one attached hydrogen (secondary N) is 1. The molecule has 1 unspecified atom stereocenters. The molecule has 1 aliphatic rings. The second-order valence-corrected chi connectivity index (χ2v) is 10.6. The average Bonchev–Trinajstić information content (AvgIpc) is 3.20. The highest BCUT2D eigenvalue weighted by molar-refractivity contribution is 7.10. The van der Waals surface area contributed by atoms with E-state index < -0.39 is 5.54 Å². The van der Waals surface area contributed by atoms with E-state index in [9.17, 15) is 9.59 Å². The minimum Gasteiger partial charge on any atom is -0.491 e. The summed E-state index contributed by atoms with van der Waals surface area (Å²) in [5, 5.41) is 5.01. The average molecular weight is 470 g/mol. The van der Waals surface area contributed by atoms with Gasteiger partial charge in [0.2, 0.25) is 5.91 Å². The molecule has 33 heavy (non-hydrogen) atoms. The standard InChI is InChI=1S/C26H35N3O3S/c1-7-12-28(25(31)27-26(4,5)6)16-24(30)29-13-10-23-20(11-14-33-23)21(29)17-32-22-9-8-18(2)15-19(22)3/h7-9,11,14-15,21H,1,10,12-13,16-17H2,2-6H3,(H,27,31). The molecule has 2 aromatic rings. The number of urea groups is 1. The Kier molecular flexibility index (Phi) is 7.84. The number of thiophene rings is 1. The number of carbonyl (C=O) groups is 2. The minimum atomic E-state index is -0.390. The molecule has 0 saturated carbocycles. The maximum atomic E-state index is 13.4. The molecule has 6 nitrogen and oxygen atoms in total. The molecule has 0 saturated heterocycles. The fourth-order valence-corrected chi connectivity index (χ4v) is 4.96. The van der Waals surface area contributed by atoms with Gasteiger partial charge in [-0.3, -0.25) is 4.79 Å². The van der Waals surface area contributed by atoms with E-state index in [1.54, 1.807) is 17.4 Å². The minimum absolute atomic E-state index is 0.00648. The van der Waals surface area contributed by atoms with Crippen LogP contribution in [0.2, 0.25) is 0 Å². The lowest BCUT2D eigenvalue weighted by atomic mass is 10.00. The Balaban J connectivity index is 1.78. The number of fused-ring (bicyclic) bond motifs is 1. The molecule has 0 fully saturated rings. The van der Waals surface area contributed by atoms with Gasteiger partial charge in [0.15, 0.2) is 0 Å². The lowest BCUT2D eigenvalue weighted by molar-refractivity contribution is -0.135. The van der Waals surface area contributed by atoms with Gasteiger partial charge in [-0.05, 0) is 69.7 Å². The monoisotopic (exact) mass is 469 g/mol. The molecular formula is C26H35N3O3S.